The molecule has 0 radical (unpaired) electrons. The average molecular weight is 298 g/mol. The molecule has 0 aliphatic carbocycles. The quantitative estimate of drug-likeness (QED) is 0.480. The summed E-state index contributed by atoms with van der Waals surface area (Å²) in [7, 11) is 0. The molecule has 2 aromatic rings. The molecule has 0 unspecified atom stereocenters. The number of hydrogen-bond donors (Lipinski definition) is 0. The van der Waals surface area contributed by atoms with Crippen molar-refractivity contribution < 1.29 is 4.92 Å². The molecule has 5 nitrogen and oxygen atoms in total. The molecule has 19 heavy (non-hydrogen) atoms. The van der Waals surface area contributed by atoms with E-state index in [4.69, 9.17) is 11.6 Å². The molecule has 1 aromatic heterocycles. The first-order valence-corrected chi connectivity index (χ1v) is 7.10. The second kappa shape index (κ2) is 6.08. The fourth-order valence-corrected chi connectivity index (χ4v) is 2.68. The standard InChI is InChI=1S/C12H12ClN3O2S/c1-8-5-9(7-10(6-8)16(17)18)12-15-14-11(19-12)3-2-4-13/h5-7H,2-4H2,1H3. The Morgan fingerprint density at radius 2 is 2.16 bits per heavy atom. The Hall–Kier alpha value is -1.53. The minimum absolute atomic E-state index is 0.0764. The lowest BCUT2D eigenvalue weighted by Crippen LogP contribution is -1.90. The molecule has 0 bridgehead atoms. The van der Waals surface area contributed by atoms with Gasteiger partial charge in [0.15, 0.2) is 0 Å². The molecule has 0 fully saturated rings. The smallest absolute Gasteiger partial charge is 0.258 e. The van der Waals surface area contributed by atoms with Crippen molar-refractivity contribution in [2.75, 3.05) is 5.88 Å². The van der Waals surface area contributed by atoms with Crippen molar-refractivity contribution in [2.24, 2.45) is 0 Å². The summed E-state index contributed by atoms with van der Waals surface area (Å²) in [4.78, 5) is 10.4. The molecule has 0 N–H and O–H groups in total. The Bertz CT molecular complexity index is 600. The van der Waals surface area contributed by atoms with Crippen molar-refractivity contribution in [1.29, 1.82) is 0 Å². The number of nitro groups is 1. The number of non-ortho nitro benzene ring substituents is 1. The van der Waals surface area contributed by atoms with Gasteiger partial charge < -0.3 is 0 Å². The number of halogens is 1. The van der Waals surface area contributed by atoms with Crippen LogP contribution in [0.3, 0.4) is 0 Å². The molecule has 0 amide bonds. The van der Waals surface area contributed by atoms with Gasteiger partial charge in [-0.1, -0.05) is 11.3 Å². The predicted molar refractivity (Wildman–Crippen MR) is 75.8 cm³/mol. The molecule has 0 saturated carbocycles. The van der Waals surface area contributed by atoms with Crippen LogP contribution in [0.1, 0.15) is 17.0 Å². The fourth-order valence-electron chi connectivity index (χ4n) is 1.68. The van der Waals surface area contributed by atoms with Gasteiger partial charge in [0.2, 0.25) is 0 Å². The van der Waals surface area contributed by atoms with E-state index < -0.39 is 4.92 Å². The first kappa shape index (κ1) is 13.9. The maximum absolute atomic E-state index is 10.8. The van der Waals surface area contributed by atoms with Crippen molar-refractivity contribution in [3.8, 4) is 10.6 Å². The molecule has 1 heterocycles. The third kappa shape index (κ3) is 3.48. The number of nitrogens with zero attached hydrogens (tertiary/aromatic N) is 3. The Morgan fingerprint density at radius 3 is 2.84 bits per heavy atom. The van der Waals surface area contributed by atoms with Gasteiger partial charge in [0.05, 0.1) is 4.92 Å². The van der Waals surface area contributed by atoms with E-state index in [1.807, 2.05) is 13.0 Å². The predicted octanol–water partition coefficient (Wildman–Crippen LogP) is 3.59. The summed E-state index contributed by atoms with van der Waals surface area (Å²) in [5, 5.41) is 20.6. The lowest BCUT2D eigenvalue weighted by atomic mass is 10.1. The summed E-state index contributed by atoms with van der Waals surface area (Å²) >= 11 is 7.08. The number of rotatable bonds is 5. The third-order valence-corrected chi connectivity index (χ3v) is 3.81. The normalized spacial score (nSPS) is 10.6. The van der Waals surface area contributed by atoms with Crippen LogP contribution in [0.5, 0.6) is 0 Å². The van der Waals surface area contributed by atoms with Gasteiger partial charge in [-0.25, -0.2) is 0 Å². The van der Waals surface area contributed by atoms with Crippen LogP contribution in [0.15, 0.2) is 18.2 Å². The number of aryl methyl sites for hydroxylation is 2. The topological polar surface area (TPSA) is 68.9 Å². The molecular weight excluding hydrogens is 286 g/mol. The van der Waals surface area contributed by atoms with Gasteiger partial charge in [-0.3, -0.25) is 10.1 Å². The van der Waals surface area contributed by atoms with Crippen LogP contribution < -0.4 is 0 Å². The highest BCUT2D eigenvalue weighted by atomic mass is 35.5. The first-order valence-electron chi connectivity index (χ1n) is 5.75. The SMILES string of the molecule is Cc1cc(-c2nnc(CCCCl)s2)cc([N+](=O)[O-])c1. The number of benzene rings is 1. The van der Waals surface area contributed by atoms with Crippen molar-refractivity contribution in [1.82, 2.24) is 10.2 Å². The Balaban J connectivity index is 2.30. The second-order valence-electron chi connectivity index (χ2n) is 4.11. The zero-order valence-electron chi connectivity index (χ0n) is 10.3. The van der Waals surface area contributed by atoms with E-state index in [-0.39, 0.29) is 5.69 Å². The highest BCUT2D eigenvalue weighted by Gasteiger charge is 2.12. The van der Waals surface area contributed by atoms with E-state index in [1.54, 1.807) is 6.07 Å². The minimum atomic E-state index is -0.397. The van der Waals surface area contributed by atoms with Crippen LogP contribution in [-0.4, -0.2) is 21.0 Å². The summed E-state index contributed by atoms with van der Waals surface area (Å²) in [5.74, 6) is 0.588. The average Bonchev–Trinajstić information content (AvgIpc) is 2.84. The second-order valence-corrected chi connectivity index (χ2v) is 5.55. The monoisotopic (exact) mass is 297 g/mol. The molecule has 0 atom stereocenters. The van der Waals surface area contributed by atoms with Gasteiger partial charge in [-0.05, 0) is 25.0 Å². The minimum Gasteiger partial charge on any atom is -0.258 e. The highest BCUT2D eigenvalue weighted by Crippen LogP contribution is 2.28. The lowest BCUT2D eigenvalue weighted by molar-refractivity contribution is -0.384. The van der Waals surface area contributed by atoms with E-state index in [0.717, 1.165) is 29.0 Å². The highest BCUT2D eigenvalue weighted by molar-refractivity contribution is 7.14. The zero-order valence-corrected chi connectivity index (χ0v) is 11.9. The number of hydrogen-bond acceptors (Lipinski definition) is 5. The molecule has 0 aliphatic heterocycles. The molecular formula is C12H12ClN3O2S. The molecule has 0 saturated heterocycles. The zero-order chi connectivity index (χ0) is 13.8. The molecule has 0 spiro atoms. The molecule has 100 valence electrons. The summed E-state index contributed by atoms with van der Waals surface area (Å²) in [6, 6.07) is 4.94. The van der Waals surface area contributed by atoms with E-state index in [1.165, 1.54) is 17.4 Å². The first-order chi connectivity index (χ1) is 9.10. The van der Waals surface area contributed by atoms with Crippen LogP contribution in [0.2, 0.25) is 0 Å². The Morgan fingerprint density at radius 1 is 1.37 bits per heavy atom. The molecule has 2 rings (SSSR count). The van der Waals surface area contributed by atoms with E-state index in [9.17, 15) is 10.1 Å². The van der Waals surface area contributed by atoms with Crippen LogP contribution in [0.4, 0.5) is 5.69 Å². The van der Waals surface area contributed by atoms with E-state index >= 15 is 0 Å². The van der Waals surface area contributed by atoms with Gasteiger partial charge in [-0.15, -0.1) is 21.8 Å². The Kier molecular flexibility index (Phi) is 4.44. The Labute approximate surface area is 119 Å². The van der Waals surface area contributed by atoms with Gasteiger partial charge in [-0.2, -0.15) is 0 Å². The molecule has 0 aliphatic rings. The molecule has 7 heteroatoms. The van der Waals surface area contributed by atoms with Gasteiger partial charge in [0.1, 0.15) is 10.0 Å². The van der Waals surface area contributed by atoms with E-state index in [2.05, 4.69) is 10.2 Å². The van der Waals surface area contributed by atoms with Crippen LogP contribution in [0.25, 0.3) is 10.6 Å². The number of aromatic nitrogens is 2. The van der Waals surface area contributed by atoms with Gasteiger partial charge in [0, 0.05) is 30.0 Å². The maximum atomic E-state index is 10.8. The van der Waals surface area contributed by atoms with Crippen molar-refractivity contribution >= 4 is 28.6 Å². The fraction of sp³-hybridized carbons (Fsp3) is 0.333. The largest absolute Gasteiger partial charge is 0.270 e. The maximum Gasteiger partial charge on any atom is 0.270 e. The van der Waals surface area contributed by atoms with Crippen LogP contribution in [-0.2, 0) is 6.42 Å². The number of nitro benzene ring substituents is 1. The van der Waals surface area contributed by atoms with Crippen molar-refractivity contribution in [3.63, 3.8) is 0 Å². The summed E-state index contributed by atoms with van der Waals surface area (Å²) in [5.41, 5.74) is 1.65. The summed E-state index contributed by atoms with van der Waals surface area (Å²) in [6.45, 7) is 1.83. The van der Waals surface area contributed by atoms with E-state index in [0.29, 0.717) is 10.9 Å². The van der Waals surface area contributed by atoms with Gasteiger partial charge >= 0.3 is 0 Å². The van der Waals surface area contributed by atoms with Crippen LogP contribution in [0, 0.1) is 17.0 Å². The summed E-state index contributed by atoms with van der Waals surface area (Å²) < 4.78 is 0. The molecule has 1 aromatic carbocycles. The lowest BCUT2D eigenvalue weighted by Gasteiger charge is -1.98. The summed E-state index contributed by atoms with van der Waals surface area (Å²) in [6.07, 6.45) is 1.64. The van der Waals surface area contributed by atoms with Crippen LogP contribution >= 0.6 is 22.9 Å². The van der Waals surface area contributed by atoms with Crippen molar-refractivity contribution in [2.45, 2.75) is 19.8 Å². The van der Waals surface area contributed by atoms with Gasteiger partial charge in [0.25, 0.3) is 5.69 Å². The number of alkyl halides is 1. The third-order valence-electron chi connectivity index (χ3n) is 2.51. The van der Waals surface area contributed by atoms with Crippen molar-refractivity contribution in [3.05, 3.63) is 38.9 Å².